The van der Waals surface area contributed by atoms with E-state index in [9.17, 15) is 8.42 Å². The van der Waals surface area contributed by atoms with Crippen LogP contribution in [-0.2, 0) is 16.6 Å². The summed E-state index contributed by atoms with van der Waals surface area (Å²) in [4.78, 5) is 8.80. The first-order chi connectivity index (χ1) is 12.6. The summed E-state index contributed by atoms with van der Waals surface area (Å²) in [6, 6.07) is 19.8. The highest BCUT2D eigenvalue weighted by Crippen LogP contribution is 2.23. The molecule has 0 aliphatic rings. The molecule has 0 saturated carbocycles. The maximum absolute atomic E-state index is 12.9. The number of aromatic nitrogens is 3. The first-order valence-electron chi connectivity index (χ1n) is 8.06. The predicted molar refractivity (Wildman–Crippen MR) is 99.3 cm³/mol. The fourth-order valence-electron chi connectivity index (χ4n) is 2.76. The number of hydrogen-bond acceptors (Lipinski definition) is 4. The number of nitrogens with one attached hydrogen (secondary N) is 1. The highest BCUT2D eigenvalue weighted by Gasteiger charge is 2.20. The van der Waals surface area contributed by atoms with Crippen molar-refractivity contribution < 1.29 is 8.42 Å². The summed E-state index contributed by atoms with van der Waals surface area (Å²) in [6.45, 7) is 0.223. The highest BCUT2D eigenvalue weighted by atomic mass is 32.2. The van der Waals surface area contributed by atoms with Crippen molar-refractivity contribution in [2.45, 2.75) is 11.4 Å². The van der Waals surface area contributed by atoms with Crippen LogP contribution in [0, 0.1) is 0 Å². The van der Waals surface area contributed by atoms with Gasteiger partial charge in [-0.2, -0.15) is 0 Å². The second kappa shape index (κ2) is 6.70. The third kappa shape index (κ3) is 3.10. The Morgan fingerprint density at radius 1 is 0.885 bits per heavy atom. The summed E-state index contributed by atoms with van der Waals surface area (Å²) in [5.74, 6) is 0. The summed E-state index contributed by atoms with van der Waals surface area (Å²) in [6.07, 6.45) is 3.24. The van der Waals surface area contributed by atoms with Gasteiger partial charge in [-0.05, 0) is 29.8 Å². The molecule has 0 amide bonds. The van der Waals surface area contributed by atoms with E-state index in [-0.39, 0.29) is 11.4 Å². The lowest BCUT2D eigenvalue weighted by atomic mass is 10.2. The lowest BCUT2D eigenvalue weighted by Gasteiger charge is -2.12. The van der Waals surface area contributed by atoms with Gasteiger partial charge in [-0.25, -0.2) is 23.1 Å². The molecule has 0 aliphatic heterocycles. The van der Waals surface area contributed by atoms with Crippen LogP contribution >= 0.6 is 0 Å². The van der Waals surface area contributed by atoms with Gasteiger partial charge in [0.05, 0.1) is 5.69 Å². The van der Waals surface area contributed by atoms with Gasteiger partial charge in [0.15, 0.2) is 5.65 Å². The van der Waals surface area contributed by atoms with Crippen molar-refractivity contribution in [2.75, 3.05) is 0 Å². The second-order valence-electron chi connectivity index (χ2n) is 5.74. The van der Waals surface area contributed by atoms with Crippen LogP contribution in [0.4, 0.5) is 0 Å². The Hall–Kier alpha value is -3.03. The maximum atomic E-state index is 12.9. The fraction of sp³-hybridized carbons (Fsp3) is 0.0526. The van der Waals surface area contributed by atoms with E-state index >= 15 is 0 Å². The average Bonchev–Trinajstić information content (AvgIpc) is 3.11. The molecule has 0 bridgehead atoms. The van der Waals surface area contributed by atoms with Gasteiger partial charge < -0.3 is 0 Å². The molecule has 0 spiro atoms. The number of fused-ring (bicyclic) bond motifs is 1. The number of imidazole rings is 1. The van der Waals surface area contributed by atoms with Crippen molar-refractivity contribution in [1.29, 1.82) is 0 Å². The molecule has 0 radical (unpaired) electrons. The van der Waals surface area contributed by atoms with Crippen LogP contribution in [0.2, 0.25) is 0 Å². The van der Waals surface area contributed by atoms with Crippen LogP contribution in [0.1, 0.15) is 5.56 Å². The van der Waals surface area contributed by atoms with Gasteiger partial charge >= 0.3 is 0 Å². The SMILES string of the molecule is O=S(=O)(NCc1ccccc1)c1ccccc1-n1cnc2cccnc21. The number of hydrogen-bond donors (Lipinski definition) is 1. The van der Waals surface area contributed by atoms with Crippen LogP contribution in [0.3, 0.4) is 0 Å². The van der Waals surface area contributed by atoms with Crippen LogP contribution in [0.15, 0.2) is 84.1 Å². The van der Waals surface area contributed by atoms with Crippen molar-refractivity contribution in [2.24, 2.45) is 0 Å². The number of para-hydroxylation sites is 1. The van der Waals surface area contributed by atoms with E-state index in [4.69, 9.17) is 0 Å². The molecule has 2 heterocycles. The normalized spacial score (nSPS) is 11.7. The molecule has 1 N–H and O–H groups in total. The van der Waals surface area contributed by atoms with Crippen molar-refractivity contribution >= 4 is 21.2 Å². The molecule has 6 nitrogen and oxygen atoms in total. The zero-order chi connectivity index (χ0) is 18.0. The van der Waals surface area contributed by atoms with E-state index in [0.717, 1.165) is 5.56 Å². The first kappa shape index (κ1) is 16.4. The Morgan fingerprint density at radius 2 is 1.65 bits per heavy atom. The zero-order valence-electron chi connectivity index (χ0n) is 13.8. The minimum Gasteiger partial charge on any atom is -0.282 e. The van der Waals surface area contributed by atoms with Crippen molar-refractivity contribution in [3.05, 3.63) is 84.8 Å². The molecule has 0 unspecified atom stereocenters. The Labute approximate surface area is 151 Å². The van der Waals surface area contributed by atoms with Gasteiger partial charge in [-0.3, -0.25) is 4.57 Å². The molecule has 0 aliphatic carbocycles. The minimum absolute atomic E-state index is 0.181. The average molecular weight is 364 g/mol. The van der Waals surface area contributed by atoms with E-state index in [1.807, 2.05) is 36.4 Å². The molecule has 7 heteroatoms. The first-order valence-corrected chi connectivity index (χ1v) is 9.54. The number of sulfonamides is 1. The molecular weight excluding hydrogens is 348 g/mol. The van der Waals surface area contributed by atoms with Crippen LogP contribution in [-0.4, -0.2) is 23.0 Å². The smallest absolute Gasteiger partial charge is 0.242 e. The molecule has 4 rings (SSSR count). The van der Waals surface area contributed by atoms with Crippen LogP contribution in [0.5, 0.6) is 0 Å². The maximum Gasteiger partial charge on any atom is 0.242 e. The molecule has 26 heavy (non-hydrogen) atoms. The van der Waals surface area contributed by atoms with Gasteiger partial charge in [-0.1, -0.05) is 42.5 Å². The zero-order valence-corrected chi connectivity index (χ0v) is 14.6. The number of rotatable bonds is 5. The molecule has 0 saturated heterocycles. The third-order valence-electron chi connectivity index (χ3n) is 4.03. The van der Waals surface area contributed by atoms with Gasteiger partial charge in [0.25, 0.3) is 0 Å². The lowest BCUT2D eigenvalue weighted by Crippen LogP contribution is -2.24. The third-order valence-corrected chi connectivity index (χ3v) is 5.48. The van der Waals surface area contributed by atoms with Gasteiger partial charge in [0, 0.05) is 12.7 Å². The molecule has 4 aromatic rings. The summed E-state index contributed by atoms with van der Waals surface area (Å²) < 4.78 is 30.1. The summed E-state index contributed by atoms with van der Waals surface area (Å²) >= 11 is 0. The topological polar surface area (TPSA) is 76.9 Å². The van der Waals surface area contributed by atoms with Crippen LogP contribution < -0.4 is 4.72 Å². The van der Waals surface area contributed by atoms with E-state index in [1.165, 1.54) is 0 Å². The lowest BCUT2D eigenvalue weighted by molar-refractivity contribution is 0.581. The molecule has 0 atom stereocenters. The number of benzene rings is 2. The monoisotopic (exact) mass is 364 g/mol. The van der Waals surface area contributed by atoms with E-state index in [2.05, 4.69) is 14.7 Å². The van der Waals surface area contributed by atoms with Gasteiger partial charge in [0.1, 0.15) is 16.7 Å². The summed E-state index contributed by atoms with van der Waals surface area (Å²) in [7, 11) is -3.71. The van der Waals surface area contributed by atoms with E-state index < -0.39 is 10.0 Å². The standard InChI is InChI=1S/C19H16N4O2S/c24-26(25,22-13-15-7-2-1-3-8-15)18-11-5-4-10-17(18)23-14-21-16-9-6-12-20-19(16)23/h1-12,14,22H,13H2. The number of pyridine rings is 1. The second-order valence-corrected chi connectivity index (χ2v) is 7.47. The van der Waals surface area contributed by atoms with Crippen molar-refractivity contribution in [3.63, 3.8) is 0 Å². The highest BCUT2D eigenvalue weighted by molar-refractivity contribution is 7.89. The number of nitrogens with zero attached hydrogens (tertiary/aromatic N) is 3. The molecule has 130 valence electrons. The Bertz CT molecular complexity index is 1150. The van der Waals surface area contributed by atoms with Gasteiger partial charge in [-0.15, -0.1) is 0 Å². The van der Waals surface area contributed by atoms with Crippen molar-refractivity contribution in [3.8, 4) is 5.69 Å². The minimum atomic E-state index is -3.71. The largest absolute Gasteiger partial charge is 0.282 e. The van der Waals surface area contributed by atoms with Crippen molar-refractivity contribution in [1.82, 2.24) is 19.3 Å². The fourth-order valence-corrected chi connectivity index (χ4v) is 3.97. The Kier molecular flexibility index (Phi) is 4.24. The Balaban J connectivity index is 1.73. The predicted octanol–water partition coefficient (Wildman–Crippen LogP) is 2.90. The summed E-state index contributed by atoms with van der Waals surface area (Å²) in [5, 5.41) is 0. The Morgan fingerprint density at radius 3 is 2.50 bits per heavy atom. The van der Waals surface area contributed by atoms with E-state index in [1.54, 1.807) is 47.4 Å². The molecule has 0 fully saturated rings. The summed E-state index contributed by atoms with van der Waals surface area (Å²) in [5.41, 5.74) is 2.72. The molecular formula is C19H16N4O2S. The van der Waals surface area contributed by atoms with Gasteiger partial charge in [0.2, 0.25) is 10.0 Å². The quantitative estimate of drug-likeness (QED) is 0.591. The van der Waals surface area contributed by atoms with Crippen LogP contribution in [0.25, 0.3) is 16.9 Å². The van der Waals surface area contributed by atoms with E-state index in [0.29, 0.717) is 16.9 Å². The molecule has 2 aromatic heterocycles. The molecule has 2 aromatic carbocycles.